The number of benzene rings is 1. The second kappa shape index (κ2) is 8.64. The highest BCUT2D eigenvalue weighted by atomic mass is 16.5. The van der Waals surface area contributed by atoms with Crippen molar-refractivity contribution in [1.82, 2.24) is 15.6 Å². The summed E-state index contributed by atoms with van der Waals surface area (Å²) in [5, 5.41) is 19.0. The number of aliphatic hydroxyl groups is 1. The summed E-state index contributed by atoms with van der Waals surface area (Å²) in [6, 6.07) is 10.9. The molecule has 2 aromatic rings. The lowest BCUT2D eigenvalue weighted by Crippen LogP contribution is -2.34. The number of anilines is 2. The van der Waals surface area contributed by atoms with E-state index in [1.807, 2.05) is 31.2 Å². The summed E-state index contributed by atoms with van der Waals surface area (Å²) in [5.74, 6) is 1.09. The highest BCUT2D eigenvalue weighted by Gasteiger charge is 2.25. The predicted octanol–water partition coefficient (Wildman–Crippen LogP) is 1.53. The molecule has 1 aromatic carbocycles. The number of pyridine rings is 1. The first-order valence-corrected chi connectivity index (χ1v) is 8.79. The van der Waals surface area contributed by atoms with Crippen LogP contribution < -0.4 is 20.7 Å². The highest BCUT2D eigenvalue weighted by Crippen LogP contribution is 2.21. The molecule has 1 aliphatic rings. The second-order valence-corrected chi connectivity index (χ2v) is 6.18. The van der Waals surface area contributed by atoms with Gasteiger partial charge in [0.25, 0.3) is 5.91 Å². The third kappa shape index (κ3) is 4.50. The van der Waals surface area contributed by atoms with Gasteiger partial charge in [-0.25, -0.2) is 4.98 Å². The Morgan fingerprint density at radius 1 is 1.31 bits per heavy atom. The zero-order valence-corrected chi connectivity index (χ0v) is 14.7. The van der Waals surface area contributed by atoms with E-state index in [1.165, 1.54) is 0 Å². The quantitative estimate of drug-likeness (QED) is 0.601. The van der Waals surface area contributed by atoms with E-state index in [0.29, 0.717) is 37.6 Å². The van der Waals surface area contributed by atoms with Crippen LogP contribution in [0.15, 0.2) is 42.6 Å². The van der Waals surface area contributed by atoms with Crippen LogP contribution in [0.2, 0.25) is 0 Å². The molecule has 0 saturated carbocycles. The van der Waals surface area contributed by atoms with Gasteiger partial charge in [0, 0.05) is 37.4 Å². The second-order valence-electron chi connectivity index (χ2n) is 6.18. The van der Waals surface area contributed by atoms with Crippen LogP contribution in [0.4, 0.5) is 11.5 Å². The number of nitrogens with zero attached hydrogens (tertiary/aromatic N) is 1. The number of β-amino-alcohol motifs (C(OH)–C–C–N with tert-alkyl or cyclic N) is 1. The maximum Gasteiger partial charge on any atom is 0.255 e. The van der Waals surface area contributed by atoms with Gasteiger partial charge in [-0.3, -0.25) is 4.79 Å². The summed E-state index contributed by atoms with van der Waals surface area (Å²) in [6.45, 7) is 4.24. The van der Waals surface area contributed by atoms with E-state index in [9.17, 15) is 9.90 Å². The molecule has 1 amide bonds. The van der Waals surface area contributed by atoms with Gasteiger partial charge >= 0.3 is 0 Å². The Kier molecular flexibility index (Phi) is 6.04. The third-order valence-electron chi connectivity index (χ3n) is 4.31. The molecule has 2 atom stereocenters. The van der Waals surface area contributed by atoms with E-state index in [0.717, 1.165) is 11.4 Å². The van der Waals surface area contributed by atoms with Gasteiger partial charge in [0.15, 0.2) is 0 Å². The fraction of sp³-hybridized carbons (Fsp3) is 0.368. The van der Waals surface area contributed by atoms with Crippen LogP contribution >= 0.6 is 0 Å². The first kappa shape index (κ1) is 18.2. The molecule has 2 unspecified atom stereocenters. The molecule has 0 spiro atoms. The smallest absolute Gasteiger partial charge is 0.255 e. The first-order valence-electron chi connectivity index (χ1n) is 8.79. The van der Waals surface area contributed by atoms with Gasteiger partial charge in [0.1, 0.15) is 11.6 Å². The molecule has 0 bridgehead atoms. The van der Waals surface area contributed by atoms with Crippen LogP contribution in [-0.2, 0) is 0 Å². The number of hydrogen-bond donors (Lipinski definition) is 4. The highest BCUT2D eigenvalue weighted by molar-refractivity contribution is 5.99. The summed E-state index contributed by atoms with van der Waals surface area (Å²) in [5.41, 5.74) is 1.28. The Bertz CT molecular complexity index is 736. The van der Waals surface area contributed by atoms with Crippen molar-refractivity contribution in [3.05, 3.63) is 48.2 Å². The standard InChI is InChI=1S/C19H24N4O3/c1-2-26-15-7-5-14(6-8-15)23-18-16(4-3-9-21-18)19(25)22-11-13-10-20-12-17(13)24/h3-9,13,17,20,24H,2,10-12H2,1H3,(H,21,23)(H,22,25). The maximum atomic E-state index is 12.5. The van der Waals surface area contributed by atoms with E-state index in [1.54, 1.807) is 18.3 Å². The fourth-order valence-electron chi connectivity index (χ4n) is 2.87. The van der Waals surface area contributed by atoms with Crippen LogP contribution in [0.5, 0.6) is 5.75 Å². The molecule has 0 radical (unpaired) electrons. The normalized spacial score (nSPS) is 19.2. The molecule has 4 N–H and O–H groups in total. The van der Waals surface area contributed by atoms with Crippen LogP contribution in [0, 0.1) is 5.92 Å². The first-order chi connectivity index (χ1) is 12.7. The number of carbonyl (C=O) groups is 1. The average molecular weight is 356 g/mol. The van der Waals surface area contributed by atoms with Crippen molar-refractivity contribution >= 4 is 17.4 Å². The van der Waals surface area contributed by atoms with Gasteiger partial charge in [-0.1, -0.05) is 0 Å². The lowest BCUT2D eigenvalue weighted by Gasteiger charge is -2.15. The maximum absolute atomic E-state index is 12.5. The molecule has 1 aliphatic heterocycles. The number of amides is 1. The van der Waals surface area contributed by atoms with Crippen molar-refractivity contribution in [1.29, 1.82) is 0 Å². The SMILES string of the molecule is CCOc1ccc(Nc2ncccc2C(=O)NCC2CNCC2O)cc1. The average Bonchev–Trinajstić information content (AvgIpc) is 3.07. The predicted molar refractivity (Wildman–Crippen MR) is 99.8 cm³/mol. The van der Waals surface area contributed by atoms with Gasteiger partial charge in [0.2, 0.25) is 0 Å². The summed E-state index contributed by atoms with van der Waals surface area (Å²) >= 11 is 0. The van der Waals surface area contributed by atoms with Gasteiger partial charge in [-0.05, 0) is 43.3 Å². The van der Waals surface area contributed by atoms with Crippen LogP contribution in [0.25, 0.3) is 0 Å². The molecular formula is C19H24N4O3. The van der Waals surface area contributed by atoms with E-state index >= 15 is 0 Å². The van der Waals surface area contributed by atoms with Crippen LogP contribution in [0.3, 0.4) is 0 Å². The number of carbonyl (C=O) groups excluding carboxylic acids is 1. The van der Waals surface area contributed by atoms with Gasteiger partial charge in [-0.15, -0.1) is 0 Å². The summed E-state index contributed by atoms with van der Waals surface area (Å²) in [7, 11) is 0. The Balaban J connectivity index is 1.66. The Morgan fingerprint density at radius 3 is 2.81 bits per heavy atom. The van der Waals surface area contributed by atoms with Gasteiger partial charge in [0.05, 0.1) is 18.3 Å². The molecule has 7 nitrogen and oxygen atoms in total. The molecule has 1 aromatic heterocycles. The van der Waals surface area contributed by atoms with Crippen molar-refractivity contribution in [3.63, 3.8) is 0 Å². The minimum absolute atomic E-state index is 0.0261. The summed E-state index contributed by atoms with van der Waals surface area (Å²) < 4.78 is 5.43. The molecule has 7 heteroatoms. The lowest BCUT2D eigenvalue weighted by molar-refractivity contribution is 0.0927. The zero-order valence-electron chi connectivity index (χ0n) is 14.7. The number of rotatable bonds is 7. The Hall–Kier alpha value is -2.64. The fourth-order valence-corrected chi connectivity index (χ4v) is 2.87. The topological polar surface area (TPSA) is 95.5 Å². The monoisotopic (exact) mass is 356 g/mol. The summed E-state index contributed by atoms with van der Waals surface area (Å²) in [4.78, 5) is 16.8. The molecule has 2 heterocycles. The van der Waals surface area contributed by atoms with Gasteiger partial charge < -0.3 is 25.8 Å². The zero-order chi connectivity index (χ0) is 18.4. The van der Waals surface area contributed by atoms with E-state index in [-0.39, 0.29) is 11.8 Å². The molecule has 1 fully saturated rings. The van der Waals surface area contributed by atoms with Crippen molar-refractivity contribution in [2.24, 2.45) is 5.92 Å². The van der Waals surface area contributed by atoms with Crippen molar-refractivity contribution in [2.75, 3.05) is 31.6 Å². The minimum atomic E-state index is -0.425. The number of hydrogen-bond acceptors (Lipinski definition) is 6. The Labute approximate surface area is 152 Å². The molecule has 26 heavy (non-hydrogen) atoms. The minimum Gasteiger partial charge on any atom is -0.494 e. The van der Waals surface area contributed by atoms with Crippen LogP contribution in [0.1, 0.15) is 17.3 Å². The van der Waals surface area contributed by atoms with E-state index in [4.69, 9.17) is 4.74 Å². The van der Waals surface area contributed by atoms with Gasteiger partial charge in [-0.2, -0.15) is 0 Å². The molecule has 138 valence electrons. The Morgan fingerprint density at radius 2 is 2.12 bits per heavy atom. The van der Waals surface area contributed by atoms with E-state index < -0.39 is 6.10 Å². The third-order valence-corrected chi connectivity index (χ3v) is 4.31. The van der Waals surface area contributed by atoms with Crippen molar-refractivity contribution < 1.29 is 14.6 Å². The van der Waals surface area contributed by atoms with E-state index in [2.05, 4.69) is 20.9 Å². The number of ether oxygens (including phenoxy) is 1. The van der Waals surface area contributed by atoms with Crippen LogP contribution in [-0.4, -0.2) is 48.3 Å². The van der Waals surface area contributed by atoms with Crippen molar-refractivity contribution in [3.8, 4) is 5.75 Å². The molecule has 0 aliphatic carbocycles. The summed E-state index contributed by atoms with van der Waals surface area (Å²) in [6.07, 6.45) is 1.21. The molecule has 1 saturated heterocycles. The number of nitrogens with one attached hydrogen (secondary N) is 3. The number of aromatic nitrogens is 1. The molecular weight excluding hydrogens is 332 g/mol. The number of aliphatic hydroxyl groups excluding tert-OH is 1. The largest absolute Gasteiger partial charge is 0.494 e. The molecule has 3 rings (SSSR count). The lowest BCUT2D eigenvalue weighted by atomic mass is 10.1. The van der Waals surface area contributed by atoms with Crippen molar-refractivity contribution in [2.45, 2.75) is 13.0 Å².